The normalized spacial score (nSPS) is 18.0. The Hall–Kier alpha value is -2.08. The molecule has 2 aromatic rings. The van der Waals surface area contributed by atoms with Gasteiger partial charge < -0.3 is 10.2 Å². The zero-order valence-electron chi connectivity index (χ0n) is 15.5. The van der Waals surface area contributed by atoms with Crippen LogP contribution in [0.3, 0.4) is 0 Å². The van der Waals surface area contributed by atoms with Crippen molar-refractivity contribution in [1.82, 2.24) is 14.7 Å². The highest BCUT2D eigenvalue weighted by Gasteiger charge is 2.20. The van der Waals surface area contributed by atoms with E-state index in [-0.39, 0.29) is 5.82 Å². The molecule has 0 bridgehead atoms. The van der Waals surface area contributed by atoms with Crippen molar-refractivity contribution in [2.45, 2.75) is 25.7 Å². The summed E-state index contributed by atoms with van der Waals surface area (Å²) in [5, 5.41) is 8.29. The monoisotopic (exact) mass is 357 g/mol. The quantitative estimate of drug-likeness (QED) is 0.893. The fourth-order valence-corrected chi connectivity index (χ4v) is 4.12. The van der Waals surface area contributed by atoms with Gasteiger partial charge in [-0.1, -0.05) is 0 Å². The molecule has 1 fully saturated rings. The first-order valence-electron chi connectivity index (χ1n) is 9.72. The second-order valence-corrected chi connectivity index (χ2v) is 7.34. The summed E-state index contributed by atoms with van der Waals surface area (Å²) in [4.78, 5) is 4.83. The van der Waals surface area contributed by atoms with Crippen LogP contribution in [0.1, 0.15) is 24.1 Å². The van der Waals surface area contributed by atoms with Gasteiger partial charge in [-0.05, 0) is 49.9 Å². The smallest absolute Gasteiger partial charge is 0.127 e. The average Bonchev–Trinajstić information content (AvgIpc) is 2.99. The third-order valence-corrected chi connectivity index (χ3v) is 5.60. The van der Waals surface area contributed by atoms with Crippen molar-refractivity contribution in [2.75, 3.05) is 49.5 Å². The number of rotatable bonds is 5. The SMILES string of the molecule is Cn1nc2c(c1NCCN1CCN(c3ccc(F)cc3)CC1)CCCC2. The third kappa shape index (κ3) is 3.70. The molecule has 1 aromatic carbocycles. The second kappa shape index (κ2) is 7.66. The number of fused-ring (bicyclic) bond motifs is 1. The van der Waals surface area contributed by atoms with E-state index in [2.05, 4.69) is 20.2 Å². The average molecular weight is 357 g/mol. The number of aryl methyl sites for hydroxylation is 2. The summed E-state index contributed by atoms with van der Waals surface area (Å²) >= 11 is 0. The van der Waals surface area contributed by atoms with Crippen LogP contribution in [0.25, 0.3) is 0 Å². The topological polar surface area (TPSA) is 36.3 Å². The summed E-state index contributed by atoms with van der Waals surface area (Å²) in [5.41, 5.74) is 3.83. The predicted octanol–water partition coefficient (Wildman–Crippen LogP) is 2.67. The Morgan fingerprint density at radius 3 is 2.54 bits per heavy atom. The van der Waals surface area contributed by atoms with Crippen LogP contribution in [0, 0.1) is 5.82 Å². The zero-order chi connectivity index (χ0) is 17.9. The van der Waals surface area contributed by atoms with E-state index in [9.17, 15) is 4.39 Å². The molecule has 0 spiro atoms. The van der Waals surface area contributed by atoms with Crippen molar-refractivity contribution >= 4 is 11.5 Å². The van der Waals surface area contributed by atoms with Gasteiger partial charge in [0.15, 0.2) is 0 Å². The second-order valence-electron chi connectivity index (χ2n) is 7.34. The summed E-state index contributed by atoms with van der Waals surface area (Å²) < 4.78 is 15.1. The Bertz CT molecular complexity index is 731. The number of hydrogen-bond donors (Lipinski definition) is 1. The van der Waals surface area contributed by atoms with Crippen molar-refractivity contribution in [3.8, 4) is 0 Å². The van der Waals surface area contributed by atoms with Crippen LogP contribution in [0.5, 0.6) is 0 Å². The van der Waals surface area contributed by atoms with E-state index in [1.807, 2.05) is 23.9 Å². The molecular formula is C20H28FN5. The standard InChI is InChI=1S/C20H28FN5/c1-24-20(18-4-2-3-5-19(18)23-24)22-10-11-25-12-14-26(15-13-25)17-8-6-16(21)7-9-17/h6-9,22H,2-5,10-15H2,1H3. The maximum atomic E-state index is 13.1. The van der Waals surface area contributed by atoms with Crippen LogP contribution >= 0.6 is 0 Å². The molecule has 5 nitrogen and oxygen atoms in total. The van der Waals surface area contributed by atoms with E-state index < -0.39 is 0 Å². The Kier molecular flexibility index (Phi) is 5.11. The Morgan fingerprint density at radius 1 is 1.04 bits per heavy atom. The summed E-state index contributed by atoms with van der Waals surface area (Å²) in [7, 11) is 2.04. The van der Waals surface area contributed by atoms with Gasteiger partial charge in [0, 0.05) is 57.6 Å². The highest BCUT2D eigenvalue weighted by molar-refractivity contribution is 5.49. The molecule has 2 aliphatic rings. The summed E-state index contributed by atoms with van der Waals surface area (Å²) in [6, 6.07) is 6.83. The van der Waals surface area contributed by atoms with Crippen molar-refractivity contribution in [3.63, 3.8) is 0 Å². The number of aromatic nitrogens is 2. The number of benzene rings is 1. The van der Waals surface area contributed by atoms with E-state index in [0.717, 1.165) is 57.8 Å². The highest BCUT2D eigenvalue weighted by Crippen LogP contribution is 2.27. The lowest BCUT2D eigenvalue weighted by Gasteiger charge is -2.36. The fourth-order valence-electron chi connectivity index (χ4n) is 4.12. The van der Waals surface area contributed by atoms with Crippen LogP contribution in [0.15, 0.2) is 24.3 Å². The molecule has 0 atom stereocenters. The van der Waals surface area contributed by atoms with Gasteiger partial charge >= 0.3 is 0 Å². The lowest BCUT2D eigenvalue weighted by molar-refractivity contribution is 0.267. The molecule has 1 saturated heterocycles. The highest BCUT2D eigenvalue weighted by atomic mass is 19.1. The Labute approximate surface area is 154 Å². The number of anilines is 2. The van der Waals surface area contributed by atoms with Gasteiger partial charge in [-0.2, -0.15) is 5.10 Å². The van der Waals surface area contributed by atoms with Crippen molar-refractivity contribution in [3.05, 3.63) is 41.3 Å². The third-order valence-electron chi connectivity index (χ3n) is 5.60. The molecule has 4 rings (SSSR count). The van der Waals surface area contributed by atoms with Crippen LogP contribution < -0.4 is 10.2 Å². The van der Waals surface area contributed by atoms with Crippen molar-refractivity contribution in [2.24, 2.45) is 7.05 Å². The summed E-state index contributed by atoms with van der Waals surface area (Å²) in [6.07, 6.45) is 4.82. The van der Waals surface area contributed by atoms with Gasteiger partial charge in [0.05, 0.1) is 5.69 Å². The molecule has 1 N–H and O–H groups in total. The Balaban J connectivity index is 1.25. The maximum absolute atomic E-state index is 13.1. The van der Waals surface area contributed by atoms with E-state index in [0.29, 0.717) is 0 Å². The predicted molar refractivity (Wildman–Crippen MR) is 103 cm³/mol. The van der Waals surface area contributed by atoms with E-state index >= 15 is 0 Å². The Morgan fingerprint density at radius 2 is 1.77 bits per heavy atom. The largest absolute Gasteiger partial charge is 0.369 e. The van der Waals surface area contributed by atoms with E-state index in [1.54, 1.807) is 12.1 Å². The molecule has 1 aromatic heterocycles. The molecule has 0 amide bonds. The first kappa shape index (κ1) is 17.3. The van der Waals surface area contributed by atoms with Gasteiger partial charge in [-0.15, -0.1) is 0 Å². The number of piperazine rings is 1. The van der Waals surface area contributed by atoms with Crippen LogP contribution in [-0.4, -0.2) is 53.9 Å². The van der Waals surface area contributed by atoms with Crippen LogP contribution in [0.2, 0.25) is 0 Å². The zero-order valence-corrected chi connectivity index (χ0v) is 15.5. The number of nitrogens with zero attached hydrogens (tertiary/aromatic N) is 4. The minimum Gasteiger partial charge on any atom is -0.369 e. The summed E-state index contributed by atoms with van der Waals surface area (Å²) in [5.74, 6) is 1.04. The lowest BCUT2D eigenvalue weighted by atomic mass is 9.97. The summed E-state index contributed by atoms with van der Waals surface area (Å²) in [6.45, 7) is 6.06. The van der Waals surface area contributed by atoms with Crippen molar-refractivity contribution in [1.29, 1.82) is 0 Å². The van der Waals surface area contributed by atoms with E-state index in [4.69, 9.17) is 0 Å². The van der Waals surface area contributed by atoms with Gasteiger partial charge in [0.1, 0.15) is 11.6 Å². The molecule has 2 heterocycles. The van der Waals surface area contributed by atoms with Crippen LogP contribution in [0.4, 0.5) is 15.9 Å². The van der Waals surface area contributed by atoms with Gasteiger partial charge in [0.25, 0.3) is 0 Å². The van der Waals surface area contributed by atoms with E-state index in [1.165, 1.54) is 29.9 Å². The minimum absolute atomic E-state index is 0.171. The molecule has 1 aliphatic carbocycles. The molecule has 6 heteroatoms. The molecule has 140 valence electrons. The molecule has 0 radical (unpaired) electrons. The van der Waals surface area contributed by atoms with Gasteiger partial charge in [0.2, 0.25) is 0 Å². The van der Waals surface area contributed by atoms with Gasteiger partial charge in [-0.25, -0.2) is 4.39 Å². The maximum Gasteiger partial charge on any atom is 0.127 e. The molecule has 0 unspecified atom stereocenters. The minimum atomic E-state index is -0.171. The van der Waals surface area contributed by atoms with Gasteiger partial charge in [-0.3, -0.25) is 9.58 Å². The van der Waals surface area contributed by atoms with Crippen molar-refractivity contribution < 1.29 is 4.39 Å². The molecule has 0 saturated carbocycles. The molecule has 26 heavy (non-hydrogen) atoms. The first-order valence-corrected chi connectivity index (χ1v) is 9.72. The first-order chi connectivity index (χ1) is 12.7. The molecular weight excluding hydrogens is 329 g/mol. The lowest BCUT2D eigenvalue weighted by Crippen LogP contribution is -2.47. The number of halogens is 1. The number of hydrogen-bond acceptors (Lipinski definition) is 4. The molecule has 1 aliphatic heterocycles. The number of nitrogens with one attached hydrogen (secondary N) is 1. The van der Waals surface area contributed by atoms with Crippen LogP contribution in [-0.2, 0) is 19.9 Å². The fraction of sp³-hybridized carbons (Fsp3) is 0.550.